The predicted molar refractivity (Wildman–Crippen MR) is 81.1 cm³/mol. The number of hydrogen-bond donors (Lipinski definition) is 1. The van der Waals surface area contributed by atoms with Crippen molar-refractivity contribution in [1.82, 2.24) is 9.55 Å². The van der Waals surface area contributed by atoms with Crippen LogP contribution in [0.5, 0.6) is 0 Å². The number of hydrogen-bond acceptors (Lipinski definition) is 3. The van der Waals surface area contributed by atoms with Crippen molar-refractivity contribution in [2.45, 2.75) is 19.4 Å². The number of aromatic nitrogens is 2. The Morgan fingerprint density at radius 3 is 2.89 bits per heavy atom. The second-order valence-electron chi connectivity index (χ2n) is 4.28. The summed E-state index contributed by atoms with van der Waals surface area (Å²) in [5.74, 6) is 1.02. The van der Waals surface area contributed by atoms with Gasteiger partial charge in [-0.05, 0) is 49.7 Å². The quantitative estimate of drug-likeness (QED) is 0.873. The number of H-pyrrole nitrogens is 1. The predicted octanol–water partition coefficient (Wildman–Crippen LogP) is 3.37. The highest BCUT2D eigenvalue weighted by atomic mass is 32.2. The van der Waals surface area contributed by atoms with Gasteiger partial charge in [-0.3, -0.25) is 9.36 Å². The third kappa shape index (κ3) is 2.52. The summed E-state index contributed by atoms with van der Waals surface area (Å²) in [5.41, 5.74) is 0.809. The molecule has 1 unspecified atom stereocenters. The molecule has 1 atom stereocenters. The molecular formula is C13H16N2OS2. The van der Waals surface area contributed by atoms with Crippen LogP contribution < -0.4 is 5.56 Å². The lowest BCUT2D eigenvalue weighted by Crippen LogP contribution is -2.25. The highest BCUT2D eigenvalue weighted by Gasteiger charge is 2.10. The molecule has 2 rings (SSSR count). The van der Waals surface area contributed by atoms with E-state index in [1.165, 1.54) is 0 Å². The SMILES string of the molecule is CSCCC(C)n1c(=S)[nH]c2ccccc2c1=O. The van der Waals surface area contributed by atoms with Gasteiger partial charge in [0.05, 0.1) is 10.9 Å². The number of fused-ring (bicyclic) bond motifs is 1. The Morgan fingerprint density at radius 1 is 1.44 bits per heavy atom. The van der Waals surface area contributed by atoms with Crippen LogP contribution in [0.15, 0.2) is 29.1 Å². The normalized spacial score (nSPS) is 12.8. The lowest BCUT2D eigenvalue weighted by molar-refractivity contribution is 0.508. The molecule has 0 saturated heterocycles. The topological polar surface area (TPSA) is 37.8 Å². The number of thioether (sulfide) groups is 1. The van der Waals surface area contributed by atoms with Gasteiger partial charge in [-0.2, -0.15) is 11.8 Å². The van der Waals surface area contributed by atoms with E-state index in [-0.39, 0.29) is 11.6 Å². The Kier molecular flexibility index (Phi) is 4.24. The van der Waals surface area contributed by atoms with Crippen LogP contribution in [-0.2, 0) is 0 Å². The van der Waals surface area contributed by atoms with Gasteiger partial charge in [0.1, 0.15) is 0 Å². The van der Waals surface area contributed by atoms with Gasteiger partial charge >= 0.3 is 0 Å². The minimum atomic E-state index is 0.00273. The molecule has 0 saturated carbocycles. The van der Waals surface area contributed by atoms with E-state index in [4.69, 9.17) is 12.2 Å². The minimum absolute atomic E-state index is 0.00273. The van der Waals surface area contributed by atoms with Crippen molar-refractivity contribution in [3.05, 3.63) is 39.4 Å². The molecule has 1 aromatic heterocycles. The summed E-state index contributed by atoms with van der Waals surface area (Å²) in [6.07, 6.45) is 3.01. The zero-order chi connectivity index (χ0) is 13.1. The molecule has 1 aromatic carbocycles. The van der Waals surface area contributed by atoms with Crippen LogP contribution in [0.25, 0.3) is 10.9 Å². The van der Waals surface area contributed by atoms with Crippen molar-refractivity contribution in [2.24, 2.45) is 0 Å². The van der Waals surface area contributed by atoms with Crippen molar-refractivity contribution >= 4 is 34.9 Å². The zero-order valence-electron chi connectivity index (χ0n) is 10.5. The summed E-state index contributed by atoms with van der Waals surface area (Å²) in [5, 5.41) is 0.696. The third-order valence-corrected chi connectivity index (χ3v) is 3.96. The third-order valence-electron chi connectivity index (χ3n) is 3.02. The van der Waals surface area contributed by atoms with Crippen LogP contribution in [0, 0.1) is 4.77 Å². The molecule has 3 nitrogen and oxygen atoms in total. The minimum Gasteiger partial charge on any atom is -0.332 e. The molecule has 0 bridgehead atoms. The highest BCUT2D eigenvalue weighted by molar-refractivity contribution is 7.98. The van der Waals surface area contributed by atoms with E-state index in [1.54, 1.807) is 16.3 Å². The molecule has 0 radical (unpaired) electrons. The second-order valence-corrected chi connectivity index (χ2v) is 5.65. The zero-order valence-corrected chi connectivity index (χ0v) is 12.1. The smallest absolute Gasteiger partial charge is 0.262 e. The van der Waals surface area contributed by atoms with Crippen LogP contribution in [-0.4, -0.2) is 21.6 Å². The van der Waals surface area contributed by atoms with Gasteiger partial charge in [-0.1, -0.05) is 12.1 Å². The number of aromatic amines is 1. The summed E-state index contributed by atoms with van der Waals surface area (Å²) < 4.78 is 2.20. The molecular weight excluding hydrogens is 264 g/mol. The molecule has 96 valence electrons. The maximum Gasteiger partial charge on any atom is 0.262 e. The Balaban J connectivity index is 2.57. The number of rotatable bonds is 4. The van der Waals surface area contributed by atoms with E-state index < -0.39 is 0 Å². The van der Waals surface area contributed by atoms with E-state index in [2.05, 4.69) is 11.2 Å². The average Bonchev–Trinajstić information content (AvgIpc) is 2.36. The number of nitrogens with one attached hydrogen (secondary N) is 1. The van der Waals surface area contributed by atoms with E-state index in [1.807, 2.05) is 31.2 Å². The Bertz CT molecular complexity index is 660. The molecule has 0 aliphatic carbocycles. The maximum atomic E-state index is 12.4. The lowest BCUT2D eigenvalue weighted by atomic mass is 10.2. The Labute approximate surface area is 115 Å². The Morgan fingerprint density at radius 2 is 2.17 bits per heavy atom. The molecule has 0 fully saturated rings. The van der Waals surface area contributed by atoms with Gasteiger partial charge in [-0.25, -0.2) is 0 Å². The number of nitrogens with zero attached hydrogens (tertiary/aromatic N) is 1. The van der Waals surface area contributed by atoms with Crippen molar-refractivity contribution in [3.63, 3.8) is 0 Å². The van der Waals surface area contributed by atoms with Crippen LogP contribution >= 0.6 is 24.0 Å². The Hall–Kier alpha value is -1.07. The first-order chi connectivity index (χ1) is 8.65. The molecule has 18 heavy (non-hydrogen) atoms. The van der Waals surface area contributed by atoms with E-state index in [0.29, 0.717) is 10.2 Å². The monoisotopic (exact) mass is 280 g/mol. The summed E-state index contributed by atoms with van der Waals surface area (Å²) >= 11 is 7.07. The van der Waals surface area contributed by atoms with E-state index >= 15 is 0 Å². The average molecular weight is 280 g/mol. The van der Waals surface area contributed by atoms with Gasteiger partial charge in [0.2, 0.25) is 0 Å². The molecule has 0 amide bonds. The first-order valence-corrected chi connectivity index (χ1v) is 7.68. The van der Waals surface area contributed by atoms with Gasteiger partial charge in [0.15, 0.2) is 4.77 Å². The number of para-hydroxylation sites is 1. The van der Waals surface area contributed by atoms with Gasteiger partial charge in [-0.15, -0.1) is 0 Å². The van der Waals surface area contributed by atoms with Gasteiger partial charge < -0.3 is 4.98 Å². The van der Waals surface area contributed by atoms with Crippen molar-refractivity contribution in [2.75, 3.05) is 12.0 Å². The van der Waals surface area contributed by atoms with Gasteiger partial charge in [0, 0.05) is 6.04 Å². The molecule has 5 heteroatoms. The molecule has 2 aromatic rings. The number of benzene rings is 1. The molecule has 1 N–H and O–H groups in total. The molecule has 0 spiro atoms. The van der Waals surface area contributed by atoms with Crippen molar-refractivity contribution in [3.8, 4) is 0 Å². The fraction of sp³-hybridized carbons (Fsp3) is 0.385. The van der Waals surface area contributed by atoms with Gasteiger partial charge in [0.25, 0.3) is 5.56 Å². The highest BCUT2D eigenvalue weighted by Crippen LogP contribution is 2.14. The van der Waals surface area contributed by atoms with Crippen LogP contribution in [0.4, 0.5) is 0 Å². The summed E-state index contributed by atoms with van der Waals surface area (Å²) in [7, 11) is 0. The van der Waals surface area contributed by atoms with E-state index in [9.17, 15) is 4.79 Å². The molecule has 0 aliphatic heterocycles. The fourth-order valence-corrected chi connectivity index (χ4v) is 2.94. The first kappa shape index (κ1) is 13.4. The van der Waals surface area contributed by atoms with Crippen LogP contribution in [0.3, 0.4) is 0 Å². The first-order valence-electron chi connectivity index (χ1n) is 5.87. The maximum absolute atomic E-state index is 12.4. The standard InChI is InChI=1S/C13H16N2OS2/c1-9(7-8-18-2)15-12(16)10-5-3-4-6-11(10)14-13(15)17/h3-6,9H,7-8H2,1-2H3,(H,14,17). The van der Waals surface area contributed by atoms with Crippen molar-refractivity contribution in [1.29, 1.82) is 0 Å². The largest absolute Gasteiger partial charge is 0.332 e. The summed E-state index contributed by atoms with van der Waals surface area (Å²) in [6, 6.07) is 7.61. The molecule has 1 heterocycles. The second kappa shape index (κ2) is 5.71. The summed E-state index contributed by atoms with van der Waals surface area (Å²) in [4.78, 5) is 15.6. The van der Waals surface area contributed by atoms with E-state index in [0.717, 1.165) is 17.7 Å². The van der Waals surface area contributed by atoms with Crippen LogP contribution in [0.2, 0.25) is 0 Å². The van der Waals surface area contributed by atoms with Crippen LogP contribution in [0.1, 0.15) is 19.4 Å². The fourth-order valence-electron chi connectivity index (χ4n) is 1.99. The summed E-state index contributed by atoms with van der Waals surface area (Å²) in [6.45, 7) is 2.04. The molecule has 0 aliphatic rings. The lowest BCUT2D eigenvalue weighted by Gasteiger charge is -2.15. The van der Waals surface area contributed by atoms with Crippen molar-refractivity contribution < 1.29 is 0 Å².